The Balaban J connectivity index is 1.51. The Morgan fingerprint density at radius 2 is 1.63 bits per heavy atom. The highest BCUT2D eigenvalue weighted by atomic mass is 35.5. The number of nitrogens with one attached hydrogen (secondary N) is 1. The van der Waals surface area contributed by atoms with E-state index in [1.54, 1.807) is 42.5 Å². The molecule has 0 aromatic heterocycles. The van der Waals surface area contributed by atoms with Crippen LogP contribution in [-0.4, -0.2) is 35.0 Å². The molecule has 6 nitrogen and oxygen atoms in total. The SMILES string of the molecule is CCCOc1ccccc1C(=O)[C@@H]1[C@H](C(=O)c2ccc(Cl)cc2)[C@]2(C(=O)Nc3ccccc32)[C@@H]2c3ccccc3C=CN12. The van der Waals surface area contributed by atoms with Crippen LogP contribution < -0.4 is 10.1 Å². The van der Waals surface area contributed by atoms with Gasteiger partial charge in [0, 0.05) is 22.5 Å². The number of ether oxygens (including phenoxy) is 1. The first-order chi connectivity index (χ1) is 21.0. The monoisotopic (exact) mass is 588 g/mol. The van der Waals surface area contributed by atoms with Gasteiger partial charge in [-0.3, -0.25) is 14.4 Å². The second-order valence-corrected chi connectivity index (χ2v) is 11.6. The molecule has 1 fully saturated rings. The number of anilines is 1. The van der Waals surface area contributed by atoms with E-state index in [4.69, 9.17) is 16.3 Å². The molecule has 0 saturated carbocycles. The van der Waals surface area contributed by atoms with Crippen LogP contribution in [0.15, 0.2) is 103 Å². The van der Waals surface area contributed by atoms with Crippen LogP contribution in [0.1, 0.15) is 56.8 Å². The highest BCUT2D eigenvalue weighted by molar-refractivity contribution is 6.30. The van der Waals surface area contributed by atoms with Gasteiger partial charge in [-0.05, 0) is 71.7 Å². The minimum Gasteiger partial charge on any atom is -0.493 e. The molecule has 0 aliphatic carbocycles. The number of ketones is 2. The zero-order valence-electron chi connectivity index (χ0n) is 23.5. The smallest absolute Gasteiger partial charge is 0.238 e. The number of fused-ring (bicyclic) bond motifs is 6. The lowest BCUT2D eigenvalue weighted by atomic mass is 9.62. The van der Waals surface area contributed by atoms with Crippen molar-refractivity contribution >= 4 is 40.8 Å². The van der Waals surface area contributed by atoms with Crippen LogP contribution >= 0.6 is 11.6 Å². The van der Waals surface area contributed by atoms with Crippen LogP contribution in [0.3, 0.4) is 0 Å². The van der Waals surface area contributed by atoms with E-state index in [0.29, 0.717) is 39.8 Å². The molecule has 3 heterocycles. The fourth-order valence-corrected chi connectivity index (χ4v) is 7.25. The van der Waals surface area contributed by atoms with Crippen LogP contribution in [-0.2, 0) is 10.2 Å². The molecule has 1 spiro atoms. The van der Waals surface area contributed by atoms with Crippen LogP contribution in [0.4, 0.5) is 5.69 Å². The summed E-state index contributed by atoms with van der Waals surface area (Å²) in [5, 5.41) is 3.57. The average Bonchev–Trinajstić information content (AvgIpc) is 3.52. The van der Waals surface area contributed by atoms with Gasteiger partial charge < -0.3 is 15.0 Å². The predicted molar refractivity (Wildman–Crippen MR) is 166 cm³/mol. The molecule has 3 aliphatic rings. The Hall–Kier alpha value is -4.68. The normalized spacial score (nSPS) is 23.0. The summed E-state index contributed by atoms with van der Waals surface area (Å²) in [5.41, 5.74) is 2.55. The summed E-state index contributed by atoms with van der Waals surface area (Å²) >= 11 is 6.20. The van der Waals surface area contributed by atoms with Crippen molar-refractivity contribution in [3.05, 3.63) is 136 Å². The first-order valence-electron chi connectivity index (χ1n) is 14.5. The maximum absolute atomic E-state index is 14.9. The molecule has 7 heteroatoms. The third kappa shape index (κ3) is 4.04. The molecule has 1 N–H and O–H groups in total. The minimum absolute atomic E-state index is 0.276. The second-order valence-electron chi connectivity index (χ2n) is 11.2. The predicted octanol–water partition coefficient (Wildman–Crippen LogP) is 7.11. The second kappa shape index (κ2) is 10.5. The molecule has 3 aliphatic heterocycles. The fraction of sp³-hybridized carbons (Fsp3) is 0.194. The van der Waals surface area contributed by atoms with Gasteiger partial charge in [-0.2, -0.15) is 0 Å². The summed E-state index contributed by atoms with van der Waals surface area (Å²) in [7, 11) is 0. The van der Waals surface area contributed by atoms with Gasteiger partial charge in [-0.15, -0.1) is 0 Å². The number of amides is 1. The van der Waals surface area contributed by atoms with Gasteiger partial charge in [0.05, 0.1) is 24.1 Å². The van der Waals surface area contributed by atoms with E-state index in [0.717, 1.165) is 17.5 Å². The zero-order valence-corrected chi connectivity index (χ0v) is 24.3. The Kier molecular flexibility index (Phi) is 6.66. The molecular formula is C36H29ClN2O4. The molecule has 0 radical (unpaired) electrons. The topological polar surface area (TPSA) is 75.7 Å². The lowest BCUT2D eigenvalue weighted by molar-refractivity contribution is -0.122. The highest BCUT2D eigenvalue weighted by Crippen LogP contribution is 2.62. The lowest BCUT2D eigenvalue weighted by Crippen LogP contribution is -2.49. The van der Waals surface area contributed by atoms with Crippen molar-refractivity contribution in [2.24, 2.45) is 5.92 Å². The molecule has 0 unspecified atom stereocenters. The van der Waals surface area contributed by atoms with Gasteiger partial charge in [-0.25, -0.2) is 0 Å². The first-order valence-corrected chi connectivity index (χ1v) is 14.9. The molecule has 1 amide bonds. The van der Waals surface area contributed by atoms with Crippen molar-refractivity contribution in [3.63, 3.8) is 0 Å². The van der Waals surface area contributed by atoms with E-state index >= 15 is 0 Å². The maximum Gasteiger partial charge on any atom is 0.238 e. The summed E-state index contributed by atoms with van der Waals surface area (Å²) in [4.78, 5) is 46.3. The van der Waals surface area contributed by atoms with E-state index in [1.165, 1.54) is 0 Å². The van der Waals surface area contributed by atoms with Gasteiger partial charge >= 0.3 is 0 Å². The number of carbonyl (C=O) groups excluding carboxylic acids is 3. The molecule has 4 atom stereocenters. The Morgan fingerprint density at radius 1 is 0.907 bits per heavy atom. The van der Waals surface area contributed by atoms with Crippen molar-refractivity contribution in [3.8, 4) is 5.75 Å². The van der Waals surface area contributed by atoms with Crippen LogP contribution in [0.25, 0.3) is 6.08 Å². The molecule has 43 heavy (non-hydrogen) atoms. The van der Waals surface area contributed by atoms with E-state index in [-0.39, 0.29) is 17.5 Å². The number of rotatable bonds is 7. The number of carbonyl (C=O) groups is 3. The molecule has 4 aromatic rings. The molecule has 0 bridgehead atoms. The third-order valence-electron chi connectivity index (χ3n) is 8.86. The number of Topliss-reactive ketones (excluding diaryl/α,β-unsaturated/α-hetero) is 2. The van der Waals surface area contributed by atoms with Gasteiger partial charge in [0.25, 0.3) is 0 Å². The van der Waals surface area contributed by atoms with Crippen molar-refractivity contribution in [1.29, 1.82) is 0 Å². The minimum atomic E-state index is -1.40. The Labute approximate surface area is 254 Å². The summed E-state index contributed by atoms with van der Waals surface area (Å²) < 4.78 is 6.01. The van der Waals surface area contributed by atoms with Gasteiger partial charge in [0.15, 0.2) is 11.6 Å². The average molecular weight is 589 g/mol. The standard InChI is InChI=1S/C36H29ClN2O4/c1-2-21-43-29-14-8-5-11-26(29)33(41)31-30(32(40)23-15-17-24(37)18-16-23)36(27-12-6-7-13-28(27)38-35(36)42)34-25-10-4-3-9-22(25)19-20-39(31)34/h3-20,30-31,34H,2,21H2,1H3,(H,38,42)/t30-,31+,34+,36+/m1/s1. The Bertz CT molecular complexity index is 1800. The van der Waals surface area contributed by atoms with E-state index in [2.05, 4.69) is 5.32 Å². The van der Waals surface area contributed by atoms with E-state index in [9.17, 15) is 14.4 Å². The maximum atomic E-state index is 14.9. The van der Waals surface area contributed by atoms with Crippen molar-refractivity contribution in [2.45, 2.75) is 30.8 Å². The number of hydrogen-bond acceptors (Lipinski definition) is 5. The van der Waals surface area contributed by atoms with E-state index in [1.807, 2.05) is 78.7 Å². The third-order valence-corrected chi connectivity index (χ3v) is 9.12. The van der Waals surface area contributed by atoms with Gasteiger partial charge in [-0.1, -0.05) is 73.1 Å². The number of hydrogen-bond donors (Lipinski definition) is 1. The van der Waals surface area contributed by atoms with Crippen molar-refractivity contribution < 1.29 is 19.1 Å². The first kappa shape index (κ1) is 27.2. The largest absolute Gasteiger partial charge is 0.493 e. The molecule has 214 valence electrons. The van der Waals surface area contributed by atoms with Crippen LogP contribution in [0.2, 0.25) is 5.02 Å². The van der Waals surface area contributed by atoms with Crippen molar-refractivity contribution in [2.75, 3.05) is 11.9 Å². The van der Waals surface area contributed by atoms with Crippen LogP contribution in [0, 0.1) is 5.92 Å². The van der Waals surface area contributed by atoms with Crippen molar-refractivity contribution in [1.82, 2.24) is 4.90 Å². The highest BCUT2D eigenvalue weighted by Gasteiger charge is 2.70. The van der Waals surface area contributed by atoms with Gasteiger partial charge in [0.1, 0.15) is 17.2 Å². The zero-order chi connectivity index (χ0) is 29.7. The fourth-order valence-electron chi connectivity index (χ4n) is 7.13. The molecule has 7 rings (SSSR count). The number of para-hydroxylation sites is 2. The summed E-state index contributed by atoms with van der Waals surface area (Å²) in [6.07, 6.45) is 4.60. The van der Waals surface area contributed by atoms with E-state index < -0.39 is 23.4 Å². The number of benzene rings is 4. The molecular weight excluding hydrogens is 560 g/mol. The molecule has 1 saturated heterocycles. The van der Waals surface area contributed by atoms with Crippen LogP contribution in [0.5, 0.6) is 5.75 Å². The lowest BCUT2D eigenvalue weighted by Gasteiger charge is -2.38. The number of halogens is 1. The summed E-state index contributed by atoms with van der Waals surface area (Å²) in [6.45, 7) is 2.45. The summed E-state index contributed by atoms with van der Waals surface area (Å²) in [5.74, 6) is -1.48. The van der Waals surface area contributed by atoms with Gasteiger partial charge in [0.2, 0.25) is 5.91 Å². The summed E-state index contributed by atoms with van der Waals surface area (Å²) in [6, 6.07) is 27.5. The Morgan fingerprint density at radius 3 is 2.44 bits per heavy atom. The number of nitrogens with zero attached hydrogens (tertiary/aromatic N) is 1. The molecule has 4 aromatic carbocycles. The quantitative estimate of drug-likeness (QED) is 0.233.